The molecule has 0 aliphatic heterocycles. The summed E-state index contributed by atoms with van der Waals surface area (Å²) in [6.45, 7) is 2.21. The largest absolute Gasteiger partial charge is 0.351 e. The summed E-state index contributed by atoms with van der Waals surface area (Å²) in [5, 5.41) is 13.0. The van der Waals surface area contributed by atoms with Gasteiger partial charge in [-0.3, -0.25) is 4.79 Å². The molecule has 1 amide bonds. The molecule has 0 saturated heterocycles. The highest BCUT2D eigenvalue weighted by Gasteiger charge is 2.23. The zero-order valence-corrected chi connectivity index (χ0v) is 15.1. The molecular formula is C17H19ClN6O. The van der Waals surface area contributed by atoms with Crippen molar-refractivity contribution >= 4 is 17.5 Å². The van der Waals surface area contributed by atoms with Crippen molar-refractivity contribution in [2.45, 2.75) is 19.5 Å². The van der Waals surface area contributed by atoms with E-state index in [1.54, 1.807) is 18.9 Å². The highest BCUT2D eigenvalue weighted by atomic mass is 35.5. The second-order valence-electron chi connectivity index (χ2n) is 5.93. The van der Waals surface area contributed by atoms with Gasteiger partial charge in [0.25, 0.3) is 0 Å². The van der Waals surface area contributed by atoms with E-state index >= 15 is 0 Å². The maximum atomic E-state index is 12.7. The summed E-state index contributed by atoms with van der Waals surface area (Å²) in [7, 11) is 3.64. The van der Waals surface area contributed by atoms with Crippen molar-refractivity contribution in [3.05, 3.63) is 53.3 Å². The minimum absolute atomic E-state index is 0.102. The molecule has 2 aromatic heterocycles. The van der Waals surface area contributed by atoms with E-state index in [4.69, 9.17) is 11.6 Å². The number of nitrogens with zero attached hydrogens (tertiary/aromatic N) is 6. The molecule has 0 aliphatic rings. The van der Waals surface area contributed by atoms with Gasteiger partial charge in [-0.15, -0.1) is 10.2 Å². The van der Waals surface area contributed by atoms with Crippen LogP contribution in [0, 0.1) is 0 Å². The van der Waals surface area contributed by atoms with Gasteiger partial charge in [0.05, 0.1) is 11.6 Å². The number of aromatic nitrogens is 5. The second kappa shape index (κ2) is 7.06. The van der Waals surface area contributed by atoms with E-state index in [0.29, 0.717) is 17.4 Å². The first-order valence-electron chi connectivity index (χ1n) is 7.86. The summed E-state index contributed by atoms with van der Waals surface area (Å²) in [5.41, 5.74) is 1.81. The molecule has 8 heteroatoms. The van der Waals surface area contributed by atoms with Crippen molar-refractivity contribution in [2.24, 2.45) is 7.05 Å². The topological polar surface area (TPSA) is 68.8 Å². The summed E-state index contributed by atoms with van der Waals surface area (Å²) >= 11 is 5.99. The summed E-state index contributed by atoms with van der Waals surface area (Å²) < 4.78 is 1.90. The van der Waals surface area contributed by atoms with Gasteiger partial charge in [0.1, 0.15) is 6.04 Å². The summed E-state index contributed by atoms with van der Waals surface area (Å²) in [5.74, 6) is 0.395. The van der Waals surface area contributed by atoms with Crippen LogP contribution in [0.1, 0.15) is 18.7 Å². The number of hydrogen-bond donors (Lipinski definition) is 0. The van der Waals surface area contributed by atoms with E-state index in [2.05, 4.69) is 15.4 Å². The minimum atomic E-state index is -0.550. The first-order chi connectivity index (χ1) is 12.0. The first-order valence-corrected chi connectivity index (χ1v) is 8.24. The third-order valence-corrected chi connectivity index (χ3v) is 4.22. The van der Waals surface area contributed by atoms with Crippen molar-refractivity contribution in [3.8, 4) is 11.4 Å². The summed E-state index contributed by atoms with van der Waals surface area (Å²) in [6, 6.07) is 10.8. The van der Waals surface area contributed by atoms with Gasteiger partial charge in [0.15, 0.2) is 0 Å². The Kier molecular flexibility index (Phi) is 4.85. The van der Waals surface area contributed by atoms with Gasteiger partial charge in [-0.2, -0.15) is 4.80 Å². The third kappa shape index (κ3) is 3.71. The van der Waals surface area contributed by atoms with Crippen LogP contribution >= 0.6 is 11.6 Å². The molecule has 3 rings (SSSR count). The Labute approximate surface area is 150 Å². The number of rotatable bonds is 5. The fourth-order valence-electron chi connectivity index (χ4n) is 2.55. The summed E-state index contributed by atoms with van der Waals surface area (Å²) in [6.07, 6.45) is 1.81. The molecule has 0 fully saturated rings. The lowest BCUT2D eigenvalue weighted by atomic mass is 10.2. The Morgan fingerprint density at radius 2 is 2.04 bits per heavy atom. The van der Waals surface area contributed by atoms with Crippen LogP contribution in [-0.4, -0.2) is 42.6 Å². The molecular weight excluding hydrogens is 340 g/mol. The van der Waals surface area contributed by atoms with Crippen LogP contribution in [0.2, 0.25) is 5.02 Å². The van der Waals surface area contributed by atoms with E-state index in [-0.39, 0.29) is 5.91 Å². The quantitative estimate of drug-likeness (QED) is 0.703. The number of hydrogen-bond acceptors (Lipinski definition) is 4. The Morgan fingerprint density at radius 1 is 1.32 bits per heavy atom. The minimum Gasteiger partial charge on any atom is -0.351 e. The molecule has 3 aromatic rings. The van der Waals surface area contributed by atoms with Crippen LogP contribution in [0.3, 0.4) is 0 Å². The number of benzene rings is 1. The van der Waals surface area contributed by atoms with Crippen LogP contribution < -0.4 is 0 Å². The van der Waals surface area contributed by atoms with Crippen molar-refractivity contribution in [3.63, 3.8) is 0 Å². The molecule has 1 unspecified atom stereocenters. The fraction of sp³-hybridized carbons (Fsp3) is 0.294. The Morgan fingerprint density at radius 3 is 2.68 bits per heavy atom. The van der Waals surface area contributed by atoms with Crippen LogP contribution in [0.5, 0.6) is 0 Å². The van der Waals surface area contributed by atoms with Gasteiger partial charge in [0, 0.05) is 31.5 Å². The molecule has 2 heterocycles. The second-order valence-corrected chi connectivity index (χ2v) is 6.37. The molecule has 0 bridgehead atoms. The predicted molar refractivity (Wildman–Crippen MR) is 94.9 cm³/mol. The summed E-state index contributed by atoms with van der Waals surface area (Å²) in [4.78, 5) is 15.6. The van der Waals surface area contributed by atoms with E-state index in [1.807, 2.05) is 54.2 Å². The Balaban J connectivity index is 1.72. The van der Waals surface area contributed by atoms with Crippen LogP contribution in [0.25, 0.3) is 11.4 Å². The number of tetrazole rings is 1. The maximum Gasteiger partial charge on any atom is 0.249 e. The SMILES string of the molecule is CC(C(=O)N(C)Cc1cc(Cl)cn1C)n1nnc(-c2ccccc2)n1. The van der Waals surface area contributed by atoms with Gasteiger partial charge in [0.2, 0.25) is 11.7 Å². The maximum absolute atomic E-state index is 12.7. The van der Waals surface area contributed by atoms with Crippen LogP contribution in [-0.2, 0) is 18.4 Å². The van der Waals surface area contributed by atoms with E-state index in [9.17, 15) is 4.79 Å². The normalized spacial score (nSPS) is 12.2. The lowest BCUT2D eigenvalue weighted by Crippen LogP contribution is -2.34. The van der Waals surface area contributed by atoms with Crippen molar-refractivity contribution < 1.29 is 4.79 Å². The average molecular weight is 359 g/mol. The molecule has 25 heavy (non-hydrogen) atoms. The van der Waals surface area contributed by atoms with Gasteiger partial charge >= 0.3 is 0 Å². The lowest BCUT2D eigenvalue weighted by Gasteiger charge is -2.20. The van der Waals surface area contributed by atoms with Crippen molar-refractivity contribution in [1.29, 1.82) is 0 Å². The fourth-order valence-corrected chi connectivity index (χ4v) is 2.83. The van der Waals surface area contributed by atoms with E-state index < -0.39 is 6.04 Å². The molecule has 1 atom stereocenters. The molecule has 1 aromatic carbocycles. The van der Waals surface area contributed by atoms with Crippen molar-refractivity contribution in [2.75, 3.05) is 7.05 Å². The van der Waals surface area contributed by atoms with Gasteiger partial charge in [-0.1, -0.05) is 41.9 Å². The van der Waals surface area contributed by atoms with Gasteiger partial charge in [-0.05, 0) is 18.2 Å². The highest BCUT2D eigenvalue weighted by Crippen LogP contribution is 2.17. The smallest absolute Gasteiger partial charge is 0.249 e. The number of amides is 1. The number of carbonyl (C=O) groups is 1. The third-order valence-electron chi connectivity index (χ3n) is 4.01. The number of carbonyl (C=O) groups excluding carboxylic acids is 1. The average Bonchev–Trinajstić information content (AvgIpc) is 3.21. The number of likely N-dealkylation sites (N-methyl/N-ethyl adjacent to an activating group) is 1. The molecule has 7 nitrogen and oxygen atoms in total. The van der Waals surface area contributed by atoms with Crippen LogP contribution in [0.4, 0.5) is 0 Å². The van der Waals surface area contributed by atoms with Gasteiger partial charge < -0.3 is 9.47 Å². The number of halogens is 1. The molecule has 0 aliphatic carbocycles. The molecule has 0 N–H and O–H groups in total. The molecule has 0 spiro atoms. The van der Waals surface area contributed by atoms with Crippen molar-refractivity contribution in [1.82, 2.24) is 29.7 Å². The highest BCUT2D eigenvalue weighted by molar-refractivity contribution is 6.30. The Bertz CT molecular complexity index is 872. The monoisotopic (exact) mass is 358 g/mol. The number of aryl methyl sites for hydroxylation is 1. The zero-order chi connectivity index (χ0) is 18.0. The lowest BCUT2D eigenvalue weighted by molar-refractivity contribution is -0.134. The molecule has 0 saturated carbocycles. The van der Waals surface area contributed by atoms with Gasteiger partial charge in [-0.25, -0.2) is 0 Å². The van der Waals surface area contributed by atoms with E-state index in [0.717, 1.165) is 11.3 Å². The molecule has 0 radical (unpaired) electrons. The Hall–Kier alpha value is -2.67. The predicted octanol–water partition coefficient (Wildman–Crippen LogP) is 2.55. The first kappa shape index (κ1) is 17.2. The van der Waals surface area contributed by atoms with Crippen LogP contribution in [0.15, 0.2) is 42.6 Å². The zero-order valence-electron chi connectivity index (χ0n) is 14.3. The van der Waals surface area contributed by atoms with E-state index in [1.165, 1.54) is 4.80 Å². The standard InChI is InChI=1S/C17H19ClN6O/c1-12(17(25)23(3)11-15-9-14(18)10-22(15)2)24-20-16(19-21-24)13-7-5-4-6-8-13/h4-10,12H,11H2,1-3H3. The molecule has 130 valence electrons.